The molecule has 0 bridgehead atoms. The average Bonchev–Trinajstić information content (AvgIpc) is 3.50. The summed E-state index contributed by atoms with van der Waals surface area (Å²) in [6, 6.07) is 15.4. The predicted molar refractivity (Wildman–Crippen MR) is 137 cm³/mol. The van der Waals surface area contributed by atoms with E-state index in [1.807, 2.05) is 67.1 Å². The Bertz CT molecular complexity index is 1350. The van der Waals surface area contributed by atoms with E-state index in [0.717, 1.165) is 16.1 Å². The molecular formula is C24H22N4O2S3. The number of nitrogens with zero attached hydrogens (tertiary/aromatic N) is 4. The summed E-state index contributed by atoms with van der Waals surface area (Å²) in [5.74, 6) is -0.121. The molecule has 4 rings (SSSR count). The fourth-order valence-corrected chi connectivity index (χ4v) is 6.39. The Morgan fingerprint density at radius 3 is 2.70 bits per heavy atom. The van der Waals surface area contributed by atoms with Crippen LogP contribution in [0.2, 0.25) is 0 Å². The van der Waals surface area contributed by atoms with Gasteiger partial charge >= 0.3 is 0 Å². The second kappa shape index (κ2) is 10.3. The first-order valence-electron chi connectivity index (χ1n) is 10.5. The highest BCUT2D eigenvalue weighted by molar-refractivity contribution is 8.00. The van der Waals surface area contributed by atoms with Crippen LogP contribution in [0.25, 0.3) is 20.7 Å². The third kappa shape index (κ3) is 4.74. The summed E-state index contributed by atoms with van der Waals surface area (Å²) in [6.07, 6.45) is 0.239. The van der Waals surface area contributed by atoms with E-state index in [1.54, 1.807) is 20.8 Å². The van der Waals surface area contributed by atoms with E-state index in [9.17, 15) is 9.59 Å². The van der Waals surface area contributed by atoms with Crippen LogP contribution >= 0.6 is 34.4 Å². The van der Waals surface area contributed by atoms with E-state index in [2.05, 4.69) is 6.07 Å². The van der Waals surface area contributed by atoms with E-state index in [-0.39, 0.29) is 17.9 Å². The molecule has 4 aromatic rings. The average molecular weight is 495 g/mol. The van der Waals surface area contributed by atoms with Crippen molar-refractivity contribution in [1.29, 1.82) is 5.26 Å². The number of thiophene rings is 2. The maximum absolute atomic E-state index is 13.4. The third-order valence-electron chi connectivity index (χ3n) is 5.17. The highest BCUT2D eigenvalue weighted by Gasteiger charge is 2.25. The molecule has 3 aromatic heterocycles. The lowest BCUT2D eigenvalue weighted by Crippen LogP contribution is -2.37. The van der Waals surface area contributed by atoms with Gasteiger partial charge in [0.25, 0.3) is 5.56 Å². The van der Waals surface area contributed by atoms with Crippen molar-refractivity contribution in [3.8, 4) is 16.5 Å². The van der Waals surface area contributed by atoms with Crippen LogP contribution in [0.4, 0.5) is 5.69 Å². The molecule has 9 heteroatoms. The minimum atomic E-state index is -0.484. The Labute approximate surface area is 204 Å². The van der Waals surface area contributed by atoms with Gasteiger partial charge in [0, 0.05) is 34.6 Å². The first-order valence-corrected chi connectivity index (χ1v) is 13.1. The number of nitriles is 1. The van der Waals surface area contributed by atoms with Gasteiger partial charge in [0.05, 0.1) is 23.1 Å². The van der Waals surface area contributed by atoms with E-state index in [0.29, 0.717) is 28.5 Å². The standard InChI is InChI=1S/C24H22N4O2S3/c1-3-27-23(30)20-18(19-11-7-14-31-19)15-32-21(20)26-24(27)33-16(2)22(29)28(13-8-12-25)17-9-5-4-6-10-17/h4-7,9-11,14-16H,3,8,13H2,1-2H3. The molecular weight excluding hydrogens is 472 g/mol. The second-order valence-electron chi connectivity index (χ2n) is 7.24. The van der Waals surface area contributed by atoms with E-state index in [4.69, 9.17) is 10.2 Å². The van der Waals surface area contributed by atoms with Crippen LogP contribution in [0.5, 0.6) is 0 Å². The van der Waals surface area contributed by atoms with Crippen LogP contribution in [0, 0.1) is 11.3 Å². The van der Waals surface area contributed by atoms with Crippen molar-refractivity contribution in [3.05, 3.63) is 63.6 Å². The monoisotopic (exact) mass is 494 g/mol. The smallest absolute Gasteiger partial charge is 0.263 e. The normalized spacial score (nSPS) is 11.9. The summed E-state index contributed by atoms with van der Waals surface area (Å²) in [6.45, 7) is 4.50. The van der Waals surface area contributed by atoms with Crippen molar-refractivity contribution in [2.45, 2.75) is 37.2 Å². The molecule has 1 atom stereocenters. The largest absolute Gasteiger partial charge is 0.310 e. The Hall–Kier alpha value is -2.93. The van der Waals surface area contributed by atoms with Crippen molar-refractivity contribution < 1.29 is 4.79 Å². The molecule has 1 aromatic carbocycles. The number of thioether (sulfide) groups is 1. The summed E-state index contributed by atoms with van der Waals surface area (Å²) in [5.41, 5.74) is 1.58. The van der Waals surface area contributed by atoms with Crippen LogP contribution in [0.3, 0.4) is 0 Å². The number of benzene rings is 1. The maximum Gasteiger partial charge on any atom is 0.263 e. The van der Waals surface area contributed by atoms with Crippen LogP contribution in [-0.2, 0) is 11.3 Å². The SMILES string of the molecule is CCn1c(SC(C)C(=O)N(CCC#N)c2ccccc2)nc2scc(-c3cccs3)c2c1=O. The zero-order chi connectivity index (χ0) is 23.4. The van der Waals surface area contributed by atoms with Gasteiger partial charge in [0.15, 0.2) is 5.16 Å². The fourth-order valence-electron chi connectivity index (χ4n) is 3.55. The number of para-hydroxylation sites is 1. The molecule has 0 aliphatic rings. The molecule has 33 heavy (non-hydrogen) atoms. The van der Waals surface area contributed by atoms with Crippen molar-refractivity contribution in [2.24, 2.45) is 0 Å². The second-order valence-corrected chi connectivity index (χ2v) is 10.4. The molecule has 1 unspecified atom stereocenters. The van der Waals surface area contributed by atoms with E-state index >= 15 is 0 Å². The van der Waals surface area contributed by atoms with Crippen molar-refractivity contribution in [2.75, 3.05) is 11.4 Å². The number of rotatable bonds is 8. The van der Waals surface area contributed by atoms with Crippen molar-refractivity contribution in [1.82, 2.24) is 9.55 Å². The topological polar surface area (TPSA) is 79.0 Å². The highest BCUT2D eigenvalue weighted by Crippen LogP contribution is 2.35. The summed E-state index contributed by atoms with van der Waals surface area (Å²) in [7, 11) is 0. The van der Waals surface area contributed by atoms with Crippen molar-refractivity contribution in [3.63, 3.8) is 0 Å². The zero-order valence-electron chi connectivity index (χ0n) is 18.2. The number of carbonyl (C=O) groups excluding carboxylic acids is 1. The first kappa shape index (κ1) is 23.2. The summed E-state index contributed by atoms with van der Waals surface area (Å²) < 4.78 is 1.64. The number of amides is 1. The Morgan fingerprint density at radius 1 is 1.24 bits per heavy atom. The Balaban J connectivity index is 1.67. The molecule has 1 amide bonds. The van der Waals surface area contributed by atoms with Gasteiger partial charge in [-0.3, -0.25) is 14.2 Å². The molecule has 0 aliphatic carbocycles. The summed E-state index contributed by atoms with van der Waals surface area (Å²) in [4.78, 5) is 34.9. The van der Waals surface area contributed by atoms with Crippen LogP contribution in [0.15, 0.2) is 63.2 Å². The summed E-state index contributed by atoms with van der Waals surface area (Å²) >= 11 is 4.33. The number of fused-ring (bicyclic) bond motifs is 1. The van der Waals surface area contributed by atoms with Gasteiger partial charge in [-0.1, -0.05) is 36.0 Å². The molecule has 0 saturated carbocycles. The number of hydrogen-bond acceptors (Lipinski definition) is 7. The zero-order valence-corrected chi connectivity index (χ0v) is 20.7. The van der Waals surface area contributed by atoms with E-state index < -0.39 is 5.25 Å². The molecule has 0 aliphatic heterocycles. The van der Waals surface area contributed by atoms with Gasteiger partial charge < -0.3 is 4.90 Å². The number of carbonyl (C=O) groups is 1. The lowest BCUT2D eigenvalue weighted by atomic mass is 10.2. The number of aromatic nitrogens is 2. The molecule has 0 N–H and O–H groups in total. The lowest BCUT2D eigenvalue weighted by molar-refractivity contribution is -0.117. The molecule has 0 saturated heterocycles. The number of anilines is 1. The Kier molecular flexibility index (Phi) is 7.28. The molecule has 6 nitrogen and oxygen atoms in total. The molecule has 3 heterocycles. The van der Waals surface area contributed by atoms with Crippen LogP contribution in [0.1, 0.15) is 20.3 Å². The van der Waals surface area contributed by atoms with Crippen molar-refractivity contribution >= 4 is 56.2 Å². The first-order chi connectivity index (χ1) is 16.0. The van der Waals surface area contributed by atoms with Gasteiger partial charge in [-0.05, 0) is 37.4 Å². The van der Waals surface area contributed by atoms with Gasteiger partial charge in [-0.2, -0.15) is 5.26 Å². The predicted octanol–water partition coefficient (Wildman–Crippen LogP) is 5.63. The summed E-state index contributed by atoms with van der Waals surface area (Å²) in [5, 5.41) is 13.7. The molecule has 168 valence electrons. The molecule has 0 radical (unpaired) electrons. The van der Waals surface area contributed by atoms with Gasteiger partial charge in [-0.15, -0.1) is 22.7 Å². The minimum absolute atomic E-state index is 0.0845. The fraction of sp³-hybridized carbons (Fsp3) is 0.250. The van der Waals surface area contributed by atoms with Gasteiger partial charge in [-0.25, -0.2) is 4.98 Å². The van der Waals surface area contributed by atoms with Crippen LogP contribution < -0.4 is 10.5 Å². The maximum atomic E-state index is 13.4. The third-order valence-corrected chi connectivity index (χ3v) is 8.03. The minimum Gasteiger partial charge on any atom is -0.310 e. The molecule has 0 spiro atoms. The van der Waals surface area contributed by atoms with Gasteiger partial charge in [0.1, 0.15) is 4.83 Å². The van der Waals surface area contributed by atoms with Gasteiger partial charge in [0.2, 0.25) is 5.91 Å². The number of hydrogen-bond donors (Lipinski definition) is 0. The molecule has 0 fully saturated rings. The van der Waals surface area contributed by atoms with Crippen LogP contribution in [-0.4, -0.2) is 27.3 Å². The quantitative estimate of drug-likeness (QED) is 0.234. The Morgan fingerprint density at radius 2 is 2.03 bits per heavy atom. The lowest BCUT2D eigenvalue weighted by Gasteiger charge is -2.25. The highest BCUT2D eigenvalue weighted by atomic mass is 32.2. The van der Waals surface area contributed by atoms with E-state index in [1.165, 1.54) is 23.1 Å².